The smallest absolute Gasteiger partial charge is 0.154 e. The maximum Gasteiger partial charge on any atom is 0.154 e. The Labute approximate surface area is 125 Å². The van der Waals surface area contributed by atoms with Crippen LogP contribution in [0.5, 0.6) is 0 Å². The van der Waals surface area contributed by atoms with Gasteiger partial charge in [0, 0.05) is 0 Å². The van der Waals surface area contributed by atoms with Crippen molar-refractivity contribution in [3.05, 3.63) is 78.1 Å². The van der Waals surface area contributed by atoms with Crippen molar-refractivity contribution in [2.45, 2.75) is 13.0 Å². The molecule has 104 valence electrons. The second-order valence-electron chi connectivity index (χ2n) is 5.21. The first kappa shape index (κ1) is 13.5. The lowest BCUT2D eigenvalue weighted by molar-refractivity contribution is -0.675. The van der Waals surface area contributed by atoms with E-state index in [0.717, 1.165) is 5.56 Å². The Kier molecular flexibility index (Phi) is 3.78. The molecule has 3 aromatic rings. The summed E-state index contributed by atoms with van der Waals surface area (Å²) in [6, 6.07) is 19.0. The van der Waals surface area contributed by atoms with Gasteiger partial charge in [-0.15, -0.1) is 6.07 Å². The van der Waals surface area contributed by atoms with E-state index in [0.29, 0.717) is 0 Å². The molecular weight excluding hydrogens is 256 g/mol. The molecule has 1 heterocycles. The van der Waals surface area contributed by atoms with Gasteiger partial charge in [0.15, 0.2) is 6.20 Å². The molecule has 0 aliphatic heterocycles. The monoisotopic (exact) mass is 274 g/mol. The molecular formula is C19H18N2. The first-order chi connectivity index (χ1) is 10.2. The molecule has 0 saturated heterocycles. The number of benzene rings is 2. The molecule has 1 aromatic heterocycles. The summed E-state index contributed by atoms with van der Waals surface area (Å²) in [5.41, 5.74) is 2.25. The number of nitrogens with zero attached hydrogens (tertiary/aromatic N) is 2. The zero-order valence-electron chi connectivity index (χ0n) is 12.3. The van der Waals surface area contributed by atoms with Crippen molar-refractivity contribution in [2.24, 2.45) is 12.0 Å². The van der Waals surface area contributed by atoms with Crippen LogP contribution in [0.25, 0.3) is 10.8 Å². The van der Waals surface area contributed by atoms with Gasteiger partial charge in [-0.3, -0.25) is 4.57 Å². The van der Waals surface area contributed by atoms with Gasteiger partial charge in [0.2, 0.25) is 0 Å². The van der Waals surface area contributed by atoms with Crippen LogP contribution in [0.1, 0.15) is 24.1 Å². The minimum Gasteiger partial charge on any atom is -0.333 e. The van der Waals surface area contributed by atoms with Crippen molar-refractivity contribution in [1.82, 2.24) is 0 Å². The Morgan fingerprint density at radius 3 is 2.71 bits per heavy atom. The van der Waals surface area contributed by atoms with Crippen molar-refractivity contribution in [1.29, 1.82) is 0 Å². The van der Waals surface area contributed by atoms with Crippen LogP contribution >= 0.6 is 0 Å². The van der Waals surface area contributed by atoms with E-state index in [4.69, 9.17) is 0 Å². The van der Waals surface area contributed by atoms with Crippen LogP contribution in [0.4, 0.5) is 0 Å². The number of aliphatic imine (C=N–C) groups is 1. The van der Waals surface area contributed by atoms with Crippen molar-refractivity contribution in [2.75, 3.05) is 0 Å². The van der Waals surface area contributed by atoms with Gasteiger partial charge in [0.1, 0.15) is 7.05 Å². The quantitative estimate of drug-likeness (QED) is 0.394. The molecule has 2 aromatic carbocycles. The molecule has 0 N–H and O–H groups in total. The van der Waals surface area contributed by atoms with E-state index >= 15 is 0 Å². The Morgan fingerprint density at radius 2 is 1.86 bits per heavy atom. The molecule has 0 radical (unpaired) electrons. The molecule has 0 bridgehead atoms. The molecule has 0 spiro atoms. The van der Waals surface area contributed by atoms with Gasteiger partial charge in [-0.1, -0.05) is 54.1 Å². The molecule has 0 aliphatic carbocycles. The van der Waals surface area contributed by atoms with Gasteiger partial charge in [0.25, 0.3) is 0 Å². The summed E-state index contributed by atoms with van der Waals surface area (Å²) in [6.45, 7) is 2.13. The fourth-order valence-corrected chi connectivity index (χ4v) is 2.51. The van der Waals surface area contributed by atoms with Crippen molar-refractivity contribution >= 4 is 17.0 Å². The minimum atomic E-state index is 0.120. The lowest BCUT2D eigenvalue weighted by atomic mass is 10.00. The van der Waals surface area contributed by atoms with E-state index in [9.17, 15) is 0 Å². The van der Waals surface area contributed by atoms with Crippen molar-refractivity contribution < 1.29 is 4.57 Å². The average Bonchev–Trinajstić information content (AvgIpc) is 2.52. The normalized spacial score (nSPS) is 12.9. The molecule has 2 nitrogen and oxygen atoms in total. The highest BCUT2D eigenvalue weighted by Crippen LogP contribution is 2.26. The lowest BCUT2D eigenvalue weighted by Gasteiger charge is -2.11. The molecule has 0 unspecified atom stereocenters. The lowest BCUT2D eigenvalue weighted by Crippen LogP contribution is -2.27. The molecule has 0 saturated carbocycles. The largest absolute Gasteiger partial charge is 0.333 e. The number of fused-ring (bicyclic) bond motifs is 1. The van der Waals surface area contributed by atoms with Gasteiger partial charge < -0.3 is 4.99 Å². The summed E-state index contributed by atoms with van der Waals surface area (Å²) < 4.78 is 1.91. The second kappa shape index (κ2) is 5.88. The SMILES string of the molecule is C[C@@H](N=Cc1[c-][n+](C)ccc1)c1cccc2ccccc12. The highest BCUT2D eigenvalue weighted by atomic mass is 14.9. The molecule has 1 atom stereocenters. The first-order valence-electron chi connectivity index (χ1n) is 7.13. The molecule has 0 amide bonds. The summed E-state index contributed by atoms with van der Waals surface area (Å²) in [5, 5.41) is 2.53. The van der Waals surface area contributed by atoms with Gasteiger partial charge in [-0.05, 0) is 29.5 Å². The Bertz CT molecular complexity index is 785. The van der Waals surface area contributed by atoms with E-state index in [1.54, 1.807) is 0 Å². The van der Waals surface area contributed by atoms with Gasteiger partial charge >= 0.3 is 0 Å². The first-order valence-corrected chi connectivity index (χ1v) is 7.13. The minimum absolute atomic E-state index is 0.120. The third kappa shape index (κ3) is 3.00. The van der Waals surface area contributed by atoms with E-state index < -0.39 is 0 Å². The van der Waals surface area contributed by atoms with E-state index in [1.807, 2.05) is 36.2 Å². The van der Waals surface area contributed by atoms with Crippen molar-refractivity contribution in [3.8, 4) is 0 Å². The third-order valence-corrected chi connectivity index (χ3v) is 3.60. The van der Waals surface area contributed by atoms with Crippen LogP contribution in [-0.2, 0) is 7.05 Å². The van der Waals surface area contributed by atoms with Crippen LogP contribution in [-0.4, -0.2) is 6.21 Å². The maximum atomic E-state index is 4.69. The summed E-state index contributed by atoms with van der Waals surface area (Å²) >= 11 is 0. The zero-order chi connectivity index (χ0) is 14.7. The number of aryl methyl sites for hydroxylation is 1. The van der Waals surface area contributed by atoms with Crippen molar-refractivity contribution in [3.63, 3.8) is 0 Å². The number of rotatable bonds is 3. The summed E-state index contributed by atoms with van der Waals surface area (Å²) in [7, 11) is 1.96. The summed E-state index contributed by atoms with van der Waals surface area (Å²) in [4.78, 5) is 4.69. The standard InChI is InChI=1S/C19H18N2/c1-15(20-13-16-7-6-12-21(2)14-16)18-11-5-9-17-8-3-4-10-19(17)18/h3-13,15H,1-2H3/t15-/m1/s1. The average molecular weight is 274 g/mol. The van der Waals surface area contributed by atoms with E-state index in [-0.39, 0.29) is 6.04 Å². The summed E-state index contributed by atoms with van der Waals surface area (Å²) in [6.07, 6.45) is 7.08. The van der Waals surface area contributed by atoms with Crippen LogP contribution in [0.3, 0.4) is 0 Å². The summed E-state index contributed by atoms with van der Waals surface area (Å²) in [5.74, 6) is 0. The van der Waals surface area contributed by atoms with Crippen LogP contribution < -0.4 is 4.57 Å². The molecule has 0 aliphatic rings. The van der Waals surface area contributed by atoms with E-state index in [2.05, 4.69) is 60.6 Å². The van der Waals surface area contributed by atoms with Gasteiger partial charge in [-0.25, -0.2) is 0 Å². The molecule has 3 rings (SSSR count). The van der Waals surface area contributed by atoms with Gasteiger partial charge in [0.05, 0.1) is 12.2 Å². The Hall–Kier alpha value is -2.48. The predicted molar refractivity (Wildman–Crippen MR) is 86.4 cm³/mol. The zero-order valence-corrected chi connectivity index (χ0v) is 12.3. The van der Waals surface area contributed by atoms with E-state index in [1.165, 1.54) is 16.3 Å². The van der Waals surface area contributed by atoms with Crippen LogP contribution in [0.2, 0.25) is 0 Å². The van der Waals surface area contributed by atoms with Crippen LogP contribution in [0, 0.1) is 6.20 Å². The van der Waals surface area contributed by atoms with Crippen LogP contribution in [0.15, 0.2) is 65.8 Å². The Balaban J connectivity index is 1.92. The third-order valence-electron chi connectivity index (χ3n) is 3.60. The highest BCUT2D eigenvalue weighted by molar-refractivity contribution is 5.86. The van der Waals surface area contributed by atoms with Gasteiger partial charge in [-0.2, -0.15) is 0 Å². The fourth-order valence-electron chi connectivity index (χ4n) is 2.51. The molecule has 21 heavy (non-hydrogen) atoms. The number of hydrogen-bond donors (Lipinski definition) is 0. The Morgan fingerprint density at radius 1 is 1.05 bits per heavy atom. The number of hydrogen-bond acceptors (Lipinski definition) is 1. The second-order valence-corrected chi connectivity index (χ2v) is 5.21. The fraction of sp³-hybridized carbons (Fsp3) is 0.158. The molecule has 2 heteroatoms. The predicted octanol–water partition coefficient (Wildman–Crippen LogP) is 3.64. The highest BCUT2D eigenvalue weighted by Gasteiger charge is 2.05. The number of aromatic nitrogens is 1. The maximum absolute atomic E-state index is 4.69. The number of pyridine rings is 1. The topological polar surface area (TPSA) is 16.2 Å². The molecule has 0 fully saturated rings.